The van der Waals surface area contributed by atoms with Gasteiger partial charge in [-0.05, 0) is 55.7 Å². The van der Waals surface area contributed by atoms with E-state index in [1.807, 2.05) is 50.2 Å². The number of unbranched alkanes of at least 4 members (excludes halogenated alkanes) is 1. The molecule has 0 saturated carbocycles. The van der Waals surface area contributed by atoms with E-state index in [4.69, 9.17) is 21.1 Å². The molecule has 1 aliphatic heterocycles. The van der Waals surface area contributed by atoms with Crippen LogP contribution in [0.3, 0.4) is 0 Å². The Hall–Kier alpha value is -3.86. The maximum absolute atomic E-state index is 13.7. The number of rotatable bonds is 12. The van der Waals surface area contributed by atoms with Crippen molar-refractivity contribution in [2.45, 2.75) is 49.7 Å². The van der Waals surface area contributed by atoms with Crippen molar-refractivity contribution in [3.63, 3.8) is 0 Å². The summed E-state index contributed by atoms with van der Waals surface area (Å²) in [6.07, 6.45) is 1.87. The highest BCUT2D eigenvalue weighted by molar-refractivity contribution is 8.00. The van der Waals surface area contributed by atoms with Crippen LogP contribution in [0.15, 0.2) is 76.6 Å². The predicted octanol–water partition coefficient (Wildman–Crippen LogP) is 8.00. The second-order valence-corrected chi connectivity index (χ2v) is 12.8. The molecule has 11 heteroatoms. The van der Waals surface area contributed by atoms with Gasteiger partial charge >= 0.3 is 5.91 Å². The van der Waals surface area contributed by atoms with E-state index in [1.54, 1.807) is 30.3 Å². The van der Waals surface area contributed by atoms with E-state index in [-0.39, 0.29) is 16.5 Å². The number of Topliss-reactive ketones (excluding diaryl/α,β-unsaturated/α-hetero) is 1. The van der Waals surface area contributed by atoms with Gasteiger partial charge in [0, 0.05) is 16.3 Å². The fraction of sp³-hybridized carbons (Fsp3) is 0.273. The average Bonchev–Trinajstić information content (AvgIpc) is 3.59. The van der Waals surface area contributed by atoms with Gasteiger partial charge in [0.25, 0.3) is 5.78 Å². The molecule has 1 N–H and O–H groups in total. The molecule has 0 spiro atoms. The molecule has 1 fully saturated rings. The number of ether oxygens (including phenoxy) is 2. The van der Waals surface area contributed by atoms with Crippen molar-refractivity contribution in [2.75, 3.05) is 18.1 Å². The molecule has 228 valence electrons. The van der Waals surface area contributed by atoms with Gasteiger partial charge in [-0.25, -0.2) is 0 Å². The molecule has 2 heterocycles. The lowest BCUT2D eigenvalue weighted by Gasteiger charge is -2.23. The first-order chi connectivity index (χ1) is 21.3. The second-order valence-electron chi connectivity index (χ2n) is 10.1. The Morgan fingerprint density at radius 2 is 1.75 bits per heavy atom. The molecule has 1 aliphatic rings. The van der Waals surface area contributed by atoms with E-state index in [0.717, 1.165) is 24.0 Å². The van der Waals surface area contributed by atoms with Gasteiger partial charge in [0.2, 0.25) is 5.13 Å². The number of amides is 1. The molecule has 0 aliphatic carbocycles. The van der Waals surface area contributed by atoms with Crippen molar-refractivity contribution >= 4 is 57.3 Å². The van der Waals surface area contributed by atoms with Crippen LogP contribution in [-0.2, 0) is 15.3 Å². The van der Waals surface area contributed by atoms with Gasteiger partial charge in [0.1, 0.15) is 5.76 Å². The van der Waals surface area contributed by atoms with E-state index < -0.39 is 17.7 Å². The number of benzene rings is 3. The Labute approximate surface area is 269 Å². The van der Waals surface area contributed by atoms with Crippen LogP contribution in [0.1, 0.15) is 55.0 Å². The number of aromatic nitrogens is 2. The van der Waals surface area contributed by atoms with Crippen molar-refractivity contribution in [2.24, 2.45) is 0 Å². The monoisotopic (exact) mass is 649 g/mol. The van der Waals surface area contributed by atoms with Gasteiger partial charge in [-0.3, -0.25) is 14.5 Å². The summed E-state index contributed by atoms with van der Waals surface area (Å²) in [5, 5.41) is 21.0. The van der Waals surface area contributed by atoms with Crippen molar-refractivity contribution in [3.8, 4) is 11.5 Å². The van der Waals surface area contributed by atoms with Crippen LogP contribution in [0.5, 0.6) is 11.5 Å². The molecule has 0 bridgehead atoms. The predicted molar refractivity (Wildman–Crippen MR) is 175 cm³/mol. The molecule has 4 aromatic rings. The quantitative estimate of drug-likeness (QED) is 0.0411. The molecular weight excluding hydrogens is 618 g/mol. The highest BCUT2D eigenvalue weighted by Gasteiger charge is 2.48. The van der Waals surface area contributed by atoms with Gasteiger partial charge in [0.05, 0.1) is 24.8 Å². The number of halogens is 1. The van der Waals surface area contributed by atoms with Gasteiger partial charge in [-0.2, -0.15) is 0 Å². The molecule has 8 nitrogen and oxygen atoms in total. The van der Waals surface area contributed by atoms with Crippen molar-refractivity contribution in [1.82, 2.24) is 10.2 Å². The van der Waals surface area contributed by atoms with Crippen LogP contribution in [0.25, 0.3) is 5.76 Å². The van der Waals surface area contributed by atoms with Gasteiger partial charge in [0.15, 0.2) is 15.8 Å². The van der Waals surface area contributed by atoms with Crippen LogP contribution < -0.4 is 14.4 Å². The zero-order chi connectivity index (χ0) is 31.2. The molecule has 44 heavy (non-hydrogen) atoms. The molecule has 1 saturated heterocycles. The van der Waals surface area contributed by atoms with Gasteiger partial charge < -0.3 is 14.6 Å². The maximum Gasteiger partial charge on any atom is 0.301 e. The van der Waals surface area contributed by atoms with E-state index in [9.17, 15) is 14.7 Å². The molecule has 1 aromatic heterocycles. The second kappa shape index (κ2) is 14.3. The minimum absolute atomic E-state index is 0.0356. The molecule has 1 atom stereocenters. The summed E-state index contributed by atoms with van der Waals surface area (Å²) in [6, 6.07) is 19.0. The normalized spacial score (nSPS) is 16.0. The highest BCUT2D eigenvalue weighted by Crippen LogP contribution is 2.45. The number of hydrogen-bond acceptors (Lipinski definition) is 9. The van der Waals surface area contributed by atoms with Crippen molar-refractivity contribution in [3.05, 3.63) is 99.6 Å². The smallest absolute Gasteiger partial charge is 0.301 e. The first-order valence-corrected chi connectivity index (χ1v) is 16.5. The maximum atomic E-state index is 13.7. The lowest BCUT2D eigenvalue weighted by atomic mass is 9.95. The third-order valence-corrected chi connectivity index (χ3v) is 9.36. The minimum Gasteiger partial charge on any atom is -0.507 e. The van der Waals surface area contributed by atoms with E-state index in [0.29, 0.717) is 51.0 Å². The van der Waals surface area contributed by atoms with Crippen LogP contribution in [0, 0.1) is 6.92 Å². The Kier molecular flexibility index (Phi) is 10.2. The summed E-state index contributed by atoms with van der Waals surface area (Å²) in [5.74, 6) is -0.192. The molecule has 1 unspecified atom stereocenters. The number of carbonyl (C=O) groups excluding carboxylic acids is 2. The third kappa shape index (κ3) is 6.93. The molecule has 0 radical (unpaired) electrons. The number of aliphatic hydroxyl groups excluding tert-OH is 1. The van der Waals surface area contributed by atoms with Crippen LogP contribution in [0.4, 0.5) is 5.13 Å². The number of nitrogens with zero attached hydrogens (tertiary/aromatic N) is 3. The fourth-order valence-electron chi connectivity index (χ4n) is 4.70. The molecule has 3 aromatic carbocycles. The van der Waals surface area contributed by atoms with Gasteiger partial charge in [-0.1, -0.05) is 96.1 Å². The average molecular weight is 650 g/mol. The number of thioether (sulfide) groups is 1. The summed E-state index contributed by atoms with van der Waals surface area (Å²) in [5.41, 5.74) is 3.01. The first kappa shape index (κ1) is 31.6. The number of aliphatic hydroxyl groups is 1. The molecule has 1 amide bonds. The first-order valence-electron chi connectivity index (χ1n) is 14.3. The largest absolute Gasteiger partial charge is 0.507 e. The van der Waals surface area contributed by atoms with Crippen LogP contribution in [0.2, 0.25) is 5.02 Å². The summed E-state index contributed by atoms with van der Waals surface area (Å²) in [4.78, 5) is 28.6. The lowest BCUT2D eigenvalue weighted by molar-refractivity contribution is -0.132. The summed E-state index contributed by atoms with van der Waals surface area (Å²) >= 11 is 8.68. The van der Waals surface area contributed by atoms with E-state index in [1.165, 1.54) is 28.0 Å². The summed E-state index contributed by atoms with van der Waals surface area (Å²) in [7, 11) is 0. The Bertz CT molecular complexity index is 1670. The summed E-state index contributed by atoms with van der Waals surface area (Å²) < 4.78 is 12.5. The lowest BCUT2D eigenvalue weighted by Crippen LogP contribution is -2.29. The topological polar surface area (TPSA) is 102 Å². The van der Waals surface area contributed by atoms with Gasteiger partial charge in [-0.15, -0.1) is 10.2 Å². The molecule has 5 rings (SSSR count). The minimum atomic E-state index is -0.970. The number of anilines is 1. The Balaban J connectivity index is 1.56. The number of carbonyl (C=O) groups is 2. The zero-order valence-corrected chi connectivity index (χ0v) is 27.0. The van der Waals surface area contributed by atoms with E-state index in [2.05, 4.69) is 17.1 Å². The van der Waals surface area contributed by atoms with Crippen LogP contribution >= 0.6 is 34.7 Å². The third-order valence-electron chi connectivity index (χ3n) is 6.99. The summed E-state index contributed by atoms with van der Waals surface area (Å²) in [6.45, 7) is 6.81. The Morgan fingerprint density at radius 3 is 2.45 bits per heavy atom. The number of hydrogen-bond donors (Lipinski definition) is 1. The number of ketones is 1. The highest BCUT2D eigenvalue weighted by atomic mass is 35.5. The van der Waals surface area contributed by atoms with E-state index >= 15 is 0 Å². The molecular formula is C33H32ClN3O5S2. The zero-order valence-electron chi connectivity index (χ0n) is 24.6. The van der Waals surface area contributed by atoms with Crippen LogP contribution in [-0.4, -0.2) is 40.2 Å². The number of aryl methyl sites for hydroxylation is 1. The SMILES string of the molecule is CCCCOc1ccc(C2/C(=C(\O)c3ccc(C)cc3)C(=O)C(=O)N2c2nnc(SCc3ccc(Cl)cc3)s2)cc1OCC. The van der Waals surface area contributed by atoms with Crippen molar-refractivity contribution < 1.29 is 24.2 Å². The Morgan fingerprint density at radius 1 is 1.00 bits per heavy atom. The standard InChI is InChI=1S/C33H32ClN3O5S2/c1-4-6-17-42-25-16-13-23(18-26(25)41-5-2)28-27(29(38)22-11-7-20(3)8-12-22)30(39)31(40)37(28)32-35-36-33(44-32)43-19-21-9-14-24(34)15-10-21/h7-16,18,28,38H,4-6,17,19H2,1-3H3/b29-27+. The fourth-order valence-corrected chi connectivity index (χ4v) is 6.65. The van der Waals surface area contributed by atoms with Crippen molar-refractivity contribution in [1.29, 1.82) is 0 Å².